The maximum absolute atomic E-state index is 14.2. The zero-order chi connectivity index (χ0) is 34.7. The molecule has 3 aromatic heterocycles. The topological polar surface area (TPSA) is 44.9 Å². The summed E-state index contributed by atoms with van der Waals surface area (Å²) in [5.41, 5.74) is 2.56. The summed E-state index contributed by atoms with van der Waals surface area (Å²) >= 11 is 0. The normalized spacial score (nSPS) is 17.1. The lowest BCUT2D eigenvalue weighted by molar-refractivity contribution is -0.187. The summed E-state index contributed by atoms with van der Waals surface area (Å²) in [5.74, 6) is -2.36. The SMILES string of the molecule is CCc1ccnc(-n2c3ccccc3c3ccc(Oc4cccc(-n5nc(C)c(C6C(C(F)(F)F)=CCC[C@@H]6C(F)(F)F)c5C)c4)cc32)c1. The highest BCUT2D eigenvalue weighted by Gasteiger charge is 2.54. The minimum atomic E-state index is -4.91. The first-order chi connectivity index (χ1) is 23.3. The average molecular weight is 675 g/mol. The van der Waals surface area contributed by atoms with Gasteiger partial charge in [-0.1, -0.05) is 37.3 Å². The van der Waals surface area contributed by atoms with Crippen molar-refractivity contribution in [2.75, 3.05) is 0 Å². The highest BCUT2D eigenvalue weighted by molar-refractivity contribution is 6.09. The molecular weight excluding hydrogens is 642 g/mol. The number of halogens is 6. The molecule has 3 heterocycles. The number of ether oxygens (including phenoxy) is 1. The molecule has 5 nitrogen and oxygen atoms in total. The van der Waals surface area contributed by atoms with Gasteiger partial charge in [0.25, 0.3) is 0 Å². The van der Waals surface area contributed by atoms with Gasteiger partial charge in [-0.15, -0.1) is 0 Å². The van der Waals surface area contributed by atoms with Gasteiger partial charge in [-0.3, -0.25) is 4.57 Å². The lowest BCUT2D eigenvalue weighted by atomic mass is 9.73. The number of hydrogen-bond acceptors (Lipinski definition) is 3. The molecule has 252 valence electrons. The molecule has 0 N–H and O–H groups in total. The fourth-order valence-electron chi connectivity index (χ4n) is 7.16. The van der Waals surface area contributed by atoms with E-state index in [0.29, 0.717) is 17.2 Å². The van der Waals surface area contributed by atoms with E-state index in [9.17, 15) is 26.3 Å². The number of benzene rings is 3. The van der Waals surface area contributed by atoms with Crippen LogP contribution in [0, 0.1) is 19.8 Å². The summed E-state index contributed by atoms with van der Waals surface area (Å²) in [6.07, 6.45) is -6.90. The first-order valence-corrected chi connectivity index (χ1v) is 16.0. The van der Waals surface area contributed by atoms with Crippen LogP contribution >= 0.6 is 0 Å². The molecule has 3 aromatic carbocycles. The van der Waals surface area contributed by atoms with Gasteiger partial charge in [0.05, 0.1) is 28.3 Å². The lowest BCUT2D eigenvalue weighted by Crippen LogP contribution is -2.36. The highest BCUT2D eigenvalue weighted by Crippen LogP contribution is 2.53. The molecule has 6 aromatic rings. The first-order valence-electron chi connectivity index (χ1n) is 16.0. The van der Waals surface area contributed by atoms with Crippen LogP contribution in [0.3, 0.4) is 0 Å². The number of nitrogens with zero attached hydrogens (tertiary/aromatic N) is 4. The van der Waals surface area contributed by atoms with E-state index in [1.165, 1.54) is 18.5 Å². The molecule has 0 aliphatic heterocycles. The Morgan fingerprint density at radius 1 is 0.837 bits per heavy atom. The predicted octanol–water partition coefficient (Wildman–Crippen LogP) is 10.9. The fourth-order valence-corrected chi connectivity index (χ4v) is 7.16. The molecule has 1 aliphatic rings. The molecule has 2 atom stereocenters. The molecule has 0 fully saturated rings. The molecule has 0 saturated heterocycles. The minimum Gasteiger partial charge on any atom is -0.457 e. The molecule has 0 saturated carbocycles. The largest absolute Gasteiger partial charge is 0.457 e. The second kappa shape index (κ2) is 12.1. The van der Waals surface area contributed by atoms with E-state index in [1.54, 1.807) is 30.5 Å². The van der Waals surface area contributed by atoms with Crippen LogP contribution < -0.4 is 4.74 Å². The van der Waals surface area contributed by atoms with E-state index in [-0.39, 0.29) is 23.4 Å². The van der Waals surface area contributed by atoms with Crippen LogP contribution in [0.1, 0.15) is 48.2 Å². The van der Waals surface area contributed by atoms with Gasteiger partial charge in [-0.2, -0.15) is 31.4 Å². The van der Waals surface area contributed by atoms with E-state index < -0.39 is 36.2 Å². The number of alkyl halides is 6. The third kappa shape index (κ3) is 5.85. The summed E-state index contributed by atoms with van der Waals surface area (Å²) in [6.45, 7) is 5.05. The Labute approximate surface area is 278 Å². The van der Waals surface area contributed by atoms with Crippen molar-refractivity contribution in [1.29, 1.82) is 0 Å². The summed E-state index contributed by atoms with van der Waals surface area (Å²) in [6, 6.07) is 24.7. The molecular formula is C38H32F6N4O. The third-order valence-electron chi connectivity index (χ3n) is 9.38. The molecule has 0 bridgehead atoms. The Kier molecular flexibility index (Phi) is 8.04. The second-order valence-electron chi connectivity index (χ2n) is 12.4. The molecule has 1 unspecified atom stereocenters. The molecule has 0 amide bonds. The Morgan fingerprint density at radius 2 is 1.59 bits per heavy atom. The van der Waals surface area contributed by atoms with Gasteiger partial charge in [0.15, 0.2) is 0 Å². The molecule has 0 spiro atoms. The summed E-state index contributed by atoms with van der Waals surface area (Å²) in [4.78, 5) is 4.66. The van der Waals surface area contributed by atoms with Gasteiger partial charge in [-0.05, 0) is 81.1 Å². The van der Waals surface area contributed by atoms with E-state index in [4.69, 9.17) is 4.74 Å². The van der Waals surface area contributed by atoms with Gasteiger partial charge in [0, 0.05) is 51.9 Å². The number of rotatable bonds is 6. The quantitative estimate of drug-likeness (QED) is 0.130. The minimum absolute atomic E-state index is 0.0593. The van der Waals surface area contributed by atoms with Crippen LogP contribution in [0.25, 0.3) is 33.3 Å². The van der Waals surface area contributed by atoms with Gasteiger partial charge >= 0.3 is 12.4 Å². The van der Waals surface area contributed by atoms with E-state index in [2.05, 4.69) is 33.7 Å². The van der Waals surface area contributed by atoms with E-state index >= 15 is 0 Å². The first kappa shape index (κ1) is 32.5. The van der Waals surface area contributed by atoms with Crippen molar-refractivity contribution in [2.45, 2.75) is 58.3 Å². The molecule has 1 aliphatic carbocycles. The maximum Gasteiger partial charge on any atom is 0.412 e. The van der Waals surface area contributed by atoms with Gasteiger partial charge in [0.2, 0.25) is 0 Å². The number of fused-ring (bicyclic) bond motifs is 3. The monoisotopic (exact) mass is 674 g/mol. The Morgan fingerprint density at radius 3 is 2.35 bits per heavy atom. The van der Waals surface area contributed by atoms with Crippen molar-refractivity contribution in [2.24, 2.45) is 5.92 Å². The van der Waals surface area contributed by atoms with Crippen molar-refractivity contribution in [3.05, 3.63) is 119 Å². The van der Waals surface area contributed by atoms with Crippen molar-refractivity contribution in [3.63, 3.8) is 0 Å². The Balaban J connectivity index is 1.27. The number of pyridine rings is 1. The van der Waals surface area contributed by atoms with Crippen LogP contribution in [-0.4, -0.2) is 31.7 Å². The standard InChI is InChI=1S/C38H32F6N4O/c1-4-24-17-18-45-34(19-24)47-32-14-6-5-11-28(32)29-16-15-27(21-33(29)47)49-26-10-7-9-25(20-26)48-23(3)35(22(2)46-48)36-30(37(39,40)41)12-8-13-31(36)38(42,43)44/h5-7,9-12,14-21,31,36H,4,8,13H2,1-3H3/t31-,36?/m0/s1. The molecule has 7 rings (SSSR count). The molecule has 49 heavy (non-hydrogen) atoms. The summed E-state index contributed by atoms with van der Waals surface area (Å²) < 4.78 is 94.6. The van der Waals surface area contributed by atoms with Crippen LogP contribution in [0.15, 0.2) is 96.7 Å². The Bertz CT molecular complexity index is 2230. The zero-order valence-corrected chi connectivity index (χ0v) is 26.9. The van der Waals surface area contributed by atoms with Crippen LogP contribution in [0.4, 0.5) is 26.3 Å². The number of aryl methyl sites for hydroxylation is 2. The highest BCUT2D eigenvalue weighted by atomic mass is 19.4. The van der Waals surface area contributed by atoms with E-state index in [0.717, 1.165) is 45.7 Å². The van der Waals surface area contributed by atoms with Gasteiger partial charge in [0.1, 0.15) is 17.3 Å². The van der Waals surface area contributed by atoms with Crippen molar-refractivity contribution >= 4 is 21.8 Å². The average Bonchev–Trinajstić information content (AvgIpc) is 3.56. The Hall–Kier alpha value is -5.06. The number of para-hydroxylation sites is 1. The van der Waals surface area contributed by atoms with Crippen LogP contribution in [0.5, 0.6) is 11.5 Å². The second-order valence-corrected chi connectivity index (χ2v) is 12.4. The summed E-state index contributed by atoms with van der Waals surface area (Å²) in [5, 5.41) is 6.53. The maximum atomic E-state index is 14.2. The van der Waals surface area contributed by atoms with Crippen molar-refractivity contribution in [1.82, 2.24) is 19.3 Å². The summed E-state index contributed by atoms with van der Waals surface area (Å²) in [7, 11) is 0. The number of allylic oxidation sites excluding steroid dienone is 2. The van der Waals surface area contributed by atoms with Crippen LogP contribution in [0.2, 0.25) is 0 Å². The molecule has 0 radical (unpaired) electrons. The zero-order valence-electron chi connectivity index (χ0n) is 26.9. The van der Waals surface area contributed by atoms with Crippen LogP contribution in [-0.2, 0) is 6.42 Å². The smallest absolute Gasteiger partial charge is 0.412 e. The fraction of sp³-hybridized carbons (Fsp3) is 0.263. The number of hydrogen-bond donors (Lipinski definition) is 0. The van der Waals surface area contributed by atoms with Crippen molar-refractivity contribution in [3.8, 4) is 23.0 Å². The van der Waals surface area contributed by atoms with Crippen molar-refractivity contribution < 1.29 is 31.1 Å². The van der Waals surface area contributed by atoms with E-state index in [1.807, 2.05) is 42.5 Å². The lowest BCUT2D eigenvalue weighted by Gasteiger charge is -2.35. The predicted molar refractivity (Wildman–Crippen MR) is 177 cm³/mol. The third-order valence-corrected chi connectivity index (χ3v) is 9.38. The number of aromatic nitrogens is 4. The van der Waals surface area contributed by atoms with Gasteiger partial charge < -0.3 is 4.74 Å². The molecule has 11 heteroatoms. The van der Waals surface area contributed by atoms with Gasteiger partial charge in [-0.25, -0.2) is 9.67 Å².